The van der Waals surface area contributed by atoms with Crippen LogP contribution in [0, 0.1) is 13.8 Å². The number of carbonyl (C=O) groups excluding carboxylic acids is 2. The largest absolute Gasteiger partial charge is 0.469 e. The summed E-state index contributed by atoms with van der Waals surface area (Å²) >= 11 is 0. The molecule has 6 nitrogen and oxygen atoms in total. The molecule has 154 valence electrons. The van der Waals surface area contributed by atoms with Crippen molar-refractivity contribution >= 4 is 23.5 Å². The number of benzene rings is 2. The number of carbonyl (C=O) groups is 2. The number of nitrogens with zero attached hydrogens (tertiary/aromatic N) is 2. The molecule has 0 saturated carbocycles. The number of methoxy groups -OCH3 is 1. The molecule has 0 saturated heterocycles. The molecule has 1 aromatic heterocycles. The fraction of sp³-hybridized carbons (Fsp3) is 0.333. The van der Waals surface area contributed by atoms with Crippen LogP contribution in [0.15, 0.2) is 36.4 Å². The molecule has 6 heteroatoms. The topological polar surface area (TPSA) is 78.4 Å². The molecular weight excluding hydrogens is 380 g/mol. The van der Waals surface area contributed by atoms with Gasteiger partial charge in [-0.25, -0.2) is 9.97 Å². The van der Waals surface area contributed by atoms with Crippen LogP contribution in [0.2, 0.25) is 0 Å². The number of ether oxygens (including phenoxy) is 2. The second-order valence-corrected chi connectivity index (χ2v) is 7.77. The first-order valence-corrected chi connectivity index (χ1v) is 10.0. The average Bonchev–Trinajstić information content (AvgIpc) is 3.01. The maximum Gasteiger partial charge on any atom is 0.305 e. The Morgan fingerprint density at radius 2 is 1.77 bits per heavy atom. The van der Waals surface area contributed by atoms with E-state index >= 15 is 0 Å². The van der Waals surface area contributed by atoms with E-state index in [1.807, 2.05) is 24.3 Å². The third-order valence-corrected chi connectivity index (χ3v) is 6.13. The number of hydrogen-bond donors (Lipinski definition) is 0. The predicted molar refractivity (Wildman–Crippen MR) is 113 cm³/mol. The van der Waals surface area contributed by atoms with Crippen molar-refractivity contribution in [3.05, 3.63) is 58.8 Å². The van der Waals surface area contributed by atoms with Gasteiger partial charge in [-0.3, -0.25) is 9.59 Å². The smallest absolute Gasteiger partial charge is 0.305 e. The quantitative estimate of drug-likeness (QED) is 0.336. The van der Waals surface area contributed by atoms with Gasteiger partial charge in [0.05, 0.1) is 36.1 Å². The standard InChI is InChI=1S/C24H24N2O4/c1-15-12-19-20(13-16(15)2)26-23-22(25-19)17-6-4-5-7-18(17)24(23,10-11-30-14-27)9-8-21(28)29-3/h4-7,12-14H,8-11H2,1-3H3. The highest BCUT2D eigenvalue weighted by Gasteiger charge is 2.45. The minimum absolute atomic E-state index is 0.227. The number of aromatic nitrogens is 2. The molecule has 0 radical (unpaired) electrons. The Bertz CT molecular complexity index is 1140. The second kappa shape index (κ2) is 7.86. The van der Waals surface area contributed by atoms with Gasteiger partial charge in [-0.2, -0.15) is 0 Å². The fourth-order valence-electron chi connectivity index (χ4n) is 4.40. The van der Waals surface area contributed by atoms with E-state index in [0.717, 1.165) is 39.1 Å². The van der Waals surface area contributed by atoms with Gasteiger partial charge >= 0.3 is 5.97 Å². The molecule has 4 rings (SSSR count). The minimum atomic E-state index is -0.580. The van der Waals surface area contributed by atoms with Gasteiger partial charge in [-0.1, -0.05) is 24.3 Å². The van der Waals surface area contributed by atoms with Crippen LogP contribution in [0.1, 0.15) is 41.6 Å². The molecule has 0 spiro atoms. The molecule has 1 aliphatic carbocycles. The van der Waals surface area contributed by atoms with E-state index in [1.54, 1.807) is 0 Å². The molecule has 2 aromatic carbocycles. The number of rotatable bonds is 7. The lowest BCUT2D eigenvalue weighted by Gasteiger charge is -2.30. The van der Waals surface area contributed by atoms with E-state index in [2.05, 4.69) is 26.0 Å². The highest BCUT2D eigenvalue weighted by molar-refractivity contribution is 5.85. The van der Waals surface area contributed by atoms with E-state index in [0.29, 0.717) is 19.3 Å². The summed E-state index contributed by atoms with van der Waals surface area (Å²) in [6.07, 6.45) is 1.24. The van der Waals surface area contributed by atoms with Crippen LogP contribution >= 0.6 is 0 Å². The van der Waals surface area contributed by atoms with Crippen molar-refractivity contribution in [1.29, 1.82) is 0 Å². The fourth-order valence-corrected chi connectivity index (χ4v) is 4.40. The van der Waals surface area contributed by atoms with Gasteiger partial charge in [-0.05, 0) is 55.5 Å². The van der Waals surface area contributed by atoms with Crippen molar-refractivity contribution < 1.29 is 19.1 Å². The Morgan fingerprint density at radius 1 is 1.07 bits per heavy atom. The zero-order valence-corrected chi connectivity index (χ0v) is 17.4. The van der Waals surface area contributed by atoms with Crippen LogP contribution in [0.3, 0.4) is 0 Å². The van der Waals surface area contributed by atoms with Gasteiger partial charge < -0.3 is 9.47 Å². The van der Waals surface area contributed by atoms with Crippen LogP contribution in [-0.2, 0) is 24.5 Å². The summed E-state index contributed by atoms with van der Waals surface area (Å²) in [6.45, 7) is 4.80. The third-order valence-electron chi connectivity index (χ3n) is 6.13. The molecule has 30 heavy (non-hydrogen) atoms. The maximum absolute atomic E-state index is 12.0. The Labute approximate surface area is 175 Å². The minimum Gasteiger partial charge on any atom is -0.469 e. The Morgan fingerprint density at radius 3 is 2.47 bits per heavy atom. The van der Waals surface area contributed by atoms with Crippen LogP contribution in [0.5, 0.6) is 0 Å². The molecule has 1 unspecified atom stereocenters. The molecular formula is C24H24N2O4. The number of hydrogen-bond acceptors (Lipinski definition) is 6. The van der Waals surface area contributed by atoms with Crippen LogP contribution in [0.25, 0.3) is 22.3 Å². The van der Waals surface area contributed by atoms with Gasteiger partial charge in [0.25, 0.3) is 6.47 Å². The summed E-state index contributed by atoms with van der Waals surface area (Å²) in [5, 5.41) is 0. The summed E-state index contributed by atoms with van der Waals surface area (Å²) in [4.78, 5) is 32.9. The molecule has 0 N–H and O–H groups in total. The van der Waals surface area contributed by atoms with Crippen molar-refractivity contribution in [1.82, 2.24) is 9.97 Å². The highest BCUT2D eigenvalue weighted by atomic mass is 16.5. The normalized spacial score (nSPS) is 16.8. The number of fused-ring (bicyclic) bond motifs is 4. The molecule has 0 aliphatic heterocycles. The average molecular weight is 404 g/mol. The van der Waals surface area contributed by atoms with Gasteiger partial charge in [0.15, 0.2) is 0 Å². The summed E-state index contributed by atoms with van der Waals surface area (Å²) in [5.74, 6) is -0.281. The molecule has 1 aliphatic rings. The maximum atomic E-state index is 12.0. The summed E-state index contributed by atoms with van der Waals surface area (Å²) in [7, 11) is 1.39. The van der Waals surface area contributed by atoms with Gasteiger partial charge in [0.2, 0.25) is 0 Å². The summed E-state index contributed by atoms with van der Waals surface area (Å²) < 4.78 is 9.95. The van der Waals surface area contributed by atoms with Crippen molar-refractivity contribution in [2.75, 3.05) is 13.7 Å². The molecule has 0 amide bonds. The SMILES string of the molecule is COC(=O)CCC1(CCOC=O)c2ccccc2-c2nc3cc(C)c(C)cc3nc21. The zero-order chi connectivity index (χ0) is 21.3. The zero-order valence-electron chi connectivity index (χ0n) is 17.4. The van der Waals surface area contributed by atoms with Crippen molar-refractivity contribution in [2.24, 2.45) is 0 Å². The van der Waals surface area contributed by atoms with Crippen molar-refractivity contribution in [2.45, 2.75) is 38.5 Å². The van der Waals surface area contributed by atoms with E-state index in [1.165, 1.54) is 12.7 Å². The van der Waals surface area contributed by atoms with Gasteiger partial charge in [-0.15, -0.1) is 0 Å². The number of aryl methyl sites for hydroxylation is 2. The van der Waals surface area contributed by atoms with Crippen molar-refractivity contribution in [3.8, 4) is 11.3 Å². The van der Waals surface area contributed by atoms with Crippen LogP contribution < -0.4 is 0 Å². The third kappa shape index (κ3) is 3.22. The van der Waals surface area contributed by atoms with E-state index < -0.39 is 5.41 Å². The van der Waals surface area contributed by atoms with Gasteiger partial charge in [0, 0.05) is 17.4 Å². The van der Waals surface area contributed by atoms with E-state index in [9.17, 15) is 9.59 Å². The van der Waals surface area contributed by atoms with Crippen LogP contribution in [0.4, 0.5) is 0 Å². The van der Waals surface area contributed by atoms with E-state index in [4.69, 9.17) is 19.4 Å². The highest BCUT2D eigenvalue weighted by Crippen LogP contribution is 2.52. The lowest BCUT2D eigenvalue weighted by Crippen LogP contribution is -2.29. The first-order valence-electron chi connectivity index (χ1n) is 10.0. The van der Waals surface area contributed by atoms with Gasteiger partial charge in [0.1, 0.15) is 0 Å². The molecule has 1 heterocycles. The first-order chi connectivity index (χ1) is 14.5. The molecule has 0 fully saturated rings. The van der Waals surface area contributed by atoms with Crippen molar-refractivity contribution in [3.63, 3.8) is 0 Å². The Balaban J connectivity index is 1.94. The molecule has 1 atom stereocenters. The summed E-state index contributed by atoms with van der Waals surface area (Å²) in [6, 6.07) is 12.2. The molecule has 3 aromatic rings. The Kier molecular flexibility index (Phi) is 5.24. The predicted octanol–water partition coefficient (Wildman–Crippen LogP) is 4.03. The van der Waals surface area contributed by atoms with Crippen LogP contribution in [-0.4, -0.2) is 36.1 Å². The monoisotopic (exact) mass is 404 g/mol. The molecule has 0 bridgehead atoms. The Hall–Kier alpha value is -3.28. The lowest BCUT2D eigenvalue weighted by molar-refractivity contribution is -0.141. The van der Waals surface area contributed by atoms with E-state index in [-0.39, 0.29) is 19.0 Å². The second-order valence-electron chi connectivity index (χ2n) is 7.77. The number of esters is 1. The lowest BCUT2D eigenvalue weighted by atomic mass is 9.74. The summed E-state index contributed by atoms with van der Waals surface area (Å²) in [5.41, 5.74) is 7.14. The first kappa shape index (κ1) is 20.0.